The van der Waals surface area contributed by atoms with E-state index in [1.165, 1.54) is 6.07 Å². The van der Waals surface area contributed by atoms with Gasteiger partial charge in [0, 0.05) is 0 Å². The van der Waals surface area contributed by atoms with Crippen LogP contribution in [0.4, 0.5) is 0 Å². The van der Waals surface area contributed by atoms with Crippen LogP contribution in [-0.2, 0) is 19.6 Å². The number of carboxylic acids is 1. The summed E-state index contributed by atoms with van der Waals surface area (Å²) in [5, 5.41) is 15.6. The molecule has 0 spiro atoms. The largest absolute Gasteiger partial charge is 0.480 e. The van der Waals surface area contributed by atoms with E-state index in [4.69, 9.17) is 16.1 Å². The van der Waals surface area contributed by atoms with Crippen molar-refractivity contribution in [2.24, 2.45) is 5.73 Å². The number of rotatable bonds is 6. The molecular weight excluding hydrogens is 238 g/mol. The van der Waals surface area contributed by atoms with E-state index in [9.17, 15) is 18.0 Å². The highest BCUT2D eigenvalue weighted by atomic mass is 32.2. The summed E-state index contributed by atoms with van der Waals surface area (Å²) in [6, 6.07) is -0.211. The van der Waals surface area contributed by atoms with Gasteiger partial charge in [-0.25, -0.2) is 8.42 Å². The summed E-state index contributed by atoms with van der Waals surface area (Å²) in [7, 11) is -4.10. The van der Waals surface area contributed by atoms with Gasteiger partial charge in [0.25, 0.3) is 0 Å². The van der Waals surface area contributed by atoms with E-state index >= 15 is 0 Å². The van der Waals surface area contributed by atoms with Gasteiger partial charge in [-0.2, -0.15) is 9.98 Å². The highest BCUT2D eigenvalue weighted by molar-refractivity contribution is 7.90. The number of hydrogen-bond acceptors (Lipinski definition) is 5. The second kappa shape index (κ2) is 5.43. The number of hydrogen-bond donors (Lipinski definition) is 3. The van der Waals surface area contributed by atoms with Gasteiger partial charge in [0.2, 0.25) is 15.9 Å². The van der Waals surface area contributed by atoms with E-state index in [-0.39, 0.29) is 0 Å². The number of amides is 1. The van der Waals surface area contributed by atoms with Gasteiger partial charge in [0.1, 0.15) is 6.04 Å². The zero-order valence-electron chi connectivity index (χ0n) is 8.37. The summed E-state index contributed by atoms with van der Waals surface area (Å²) < 4.78 is 24.3. The molecule has 16 heavy (non-hydrogen) atoms. The molecule has 0 rings (SSSR count). The molecule has 0 bridgehead atoms. The van der Waals surface area contributed by atoms with Gasteiger partial charge in [0.15, 0.2) is 5.25 Å². The van der Waals surface area contributed by atoms with E-state index in [0.717, 1.165) is 6.92 Å². The minimum absolute atomic E-state index is 0.674. The third-order valence-electron chi connectivity index (χ3n) is 1.66. The number of carbonyl (C=O) groups is 2. The molecule has 0 aromatic carbocycles. The molecule has 0 fully saturated rings. The predicted molar refractivity (Wildman–Crippen MR) is 52.4 cm³/mol. The van der Waals surface area contributed by atoms with E-state index in [1.54, 1.807) is 4.72 Å². The summed E-state index contributed by atoms with van der Waals surface area (Å²) in [6.07, 6.45) is -0.674. The number of aliphatic carboxylic acids is 1. The van der Waals surface area contributed by atoms with Crippen molar-refractivity contribution in [3.8, 4) is 6.07 Å². The fourth-order valence-electron chi connectivity index (χ4n) is 0.750. The number of nitrogens with zero attached hydrogens (tertiary/aromatic N) is 1. The van der Waals surface area contributed by atoms with Crippen molar-refractivity contribution < 1.29 is 23.1 Å². The molecule has 0 aromatic rings. The smallest absolute Gasteiger partial charge is 0.322 e. The van der Waals surface area contributed by atoms with Gasteiger partial charge in [-0.3, -0.25) is 9.59 Å². The van der Waals surface area contributed by atoms with Crippen LogP contribution in [0.25, 0.3) is 0 Å². The average molecular weight is 249 g/mol. The summed E-state index contributed by atoms with van der Waals surface area (Å²) in [6.45, 7) is 1.09. The molecule has 0 heterocycles. The van der Waals surface area contributed by atoms with Crippen LogP contribution in [-0.4, -0.2) is 36.7 Å². The maximum Gasteiger partial charge on any atom is 0.322 e. The van der Waals surface area contributed by atoms with Gasteiger partial charge >= 0.3 is 5.97 Å². The predicted octanol–water partition coefficient (Wildman–Crippen LogP) is -1.85. The summed E-state index contributed by atoms with van der Waals surface area (Å²) in [5.41, 5.74) is 4.76. The quantitative estimate of drug-likeness (QED) is 0.502. The molecule has 0 aromatic heterocycles. The molecule has 0 radical (unpaired) electrons. The Bertz CT molecular complexity index is 424. The Hall–Kier alpha value is -1.66. The Morgan fingerprint density at radius 1 is 1.56 bits per heavy atom. The molecule has 4 N–H and O–H groups in total. The van der Waals surface area contributed by atoms with Crippen molar-refractivity contribution in [3.63, 3.8) is 0 Å². The van der Waals surface area contributed by atoms with Crippen molar-refractivity contribution in [1.29, 1.82) is 5.26 Å². The van der Waals surface area contributed by atoms with E-state index < -0.39 is 39.6 Å². The van der Waals surface area contributed by atoms with Crippen molar-refractivity contribution in [2.75, 3.05) is 0 Å². The first-order chi connectivity index (χ1) is 7.20. The fourth-order valence-corrected chi connectivity index (χ4v) is 1.67. The number of sulfonamides is 1. The number of carbonyl (C=O) groups excluding carboxylic acids is 1. The minimum atomic E-state index is -4.10. The van der Waals surface area contributed by atoms with Crippen LogP contribution in [0, 0.1) is 11.3 Å². The van der Waals surface area contributed by atoms with Gasteiger partial charge in [-0.05, 0) is 6.92 Å². The lowest BCUT2D eigenvalue weighted by atomic mass is 10.2. The van der Waals surface area contributed by atoms with Crippen LogP contribution < -0.4 is 10.5 Å². The zero-order chi connectivity index (χ0) is 12.9. The molecule has 0 aliphatic carbocycles. The first-order valence-electron chi connectivity index (χ1n) is 4.12. The highest BCUT2D eigenvalue weighted by Gasteiger charge is 2.29. The molecule has 0 aliphatic rings. The van der Waals surface area contributed by atoms with E-state index in [2.05, 4.69) is 0 Å². The van der Waals surface area contributed by atoms with Crippen LogP contribution in [0.1, 0.15) is 13.3 Å². The van der Waals surface area contributed by atoms with Gasteiger partial charge < -0.3 is 10.8 Å². The number of nitrogens with two attached hydrogens (primary N) is 1. The Balaban J connectivity index is 4.85. The van der Waals surface area contributed by atoms with Crippen molar-refractivity contribution in [2.45, 2.75) is 24.6 Å². The van der Waals surface area contributed by atoms with Gasteiger partial charge in [-0.15, -0.1) is 0 Å². The normalized spacial score (nSPS) is 14.8. The molecule has 8 nitrogen and oxygen atoms in total. The summed E-state index contributed by atoms with van der Waals surface area (Å²) >= 11 is 0. The molecule has 0 aliphatic heterocycles. The maximum atomic E-state index is 11.3. The van der Waals surface area contributed by atoms with Crippen LogP contribution in [0.2, 0.25) is 0 Å². The number of nitriles is 1. The van der Waals surface area contributed by atoms with Crippen LogP contribution >= 0.6 is 0 Å². The van der Waals surface area contributed by atoms with Gasteiger partial charge in [0.05, 0.1) is 12.5 Å². The molecule has 1 amide bonds. The van der Waals surface area contributed by atoms with Crippen LogP contribution in [0.3, 0.4) is 0 Å². The molecule has 1 unspecified atom stereocenters. The van der Waals surface area contributed by atoms with Crippen LogP contribution in [0.15, 0.2) is 0 Å². The third-order valence-corrected chi connectivity index (χ3v) is 3.31. The highest BCUT2D eigenvalue weighted by Crippen LogP contribution is 2.01. The molecule has 90 valence electrons. The number of nitrogens with one attached hydrogen (secondary N) is 1. The van der Waals surface area contributed by atoms with Gasteiger partial charge in [-0.1, -0.05) is 0 Å². The van der Waals surface area contributed by atoms with Crippen molar-refractivity contribution in [1.82, 2.24) is 4.72 Å². The minimum Gasteiger partial charge on any atom is -0.480 e. The van der Waals surface area contributed by atoms with E-state index in [0.29, 0.717) is 0 Å². The lowest BCUT2D eigenvalue weighted by molar-refractivity contribution is -0.140. The number of primary amides is 1. The average Bonchev–Trinajstić information content (AvgIpc) is 2.14. The monoisotopic (exact) mass is 249 g/mol. The molecule has 0 saturated carbocycles. The standard InChI is InChI=1S/C7H11N3O5S/c1-4(3-8)16(14,15)10-5(7(12)13)2-6(9)11/h4-5,10H,2H2,1H3,(H2,9,11)(H,12,13)/t4?,5-/m1/s1. The third kappa shape index (κ3) is 4.24. The lowest BCUT2D eigenvalue weighted by Gasteiger charge is -2.13. The van der Waals surface area contributed by atoms with E-state index in [1.807, 2.05) is 0 Å². The Labute approximate surface area is 92.1 Å². The van der Waals surface area contributed by atoms with Crippen molar-refractivity contribution in [3.05, 3.63) is 0 Å². The molecule has 9 heteroatoms. The Morgan fingerprint density at radius 3 is 2.38 bits per heavy atom. The topological polar surface area (TPSA) is 150 Å². The number of carboxylic acid groups (broad SMARTS) is 1. The van der Waals surface area contributed by atoms with Crippen LogP contribution in [0.5, 0.6) is 0 Å². The summed E-state index contributed by atoms with van der Waals surface area (Å²) in [5.74, 6) is -2.49. The molecular formula is C7H11N3O5S. The Kier molecular flexibility index (Phi) is 4.87. The second-order valence-electron chi connectivity index (χ2n) is 3.00. The first-order valence-corrected chi connectivity index (χ1v) is 5.67. The lowest BCUT2D eigenvalue weighted by Crippen LogP contribution is -2.45. The SMILES string of the molecule is CC(C#N)S(=O)(=O)N[C@H](CC(N)=O)C(=O)O. The second-order valence-corrected chi connectivity index (χ2v) is 5.03. The summed E-state index contributed by atoms with van der Waals surface area (Å²) in [4.78, 5) is 21.1. The maximum absolute atomic E-state index is 11.3. The molecule has 2 atom stereocenters. The van der Waals surface area contributed by atoms with Crippen molar-refractivity contribution >= 4 is 21.9 Å². The molecule has 0 saturated heterocycles. The Morgan fingerprint density at radius 2 is 2.06 bits per heavy atom. The zero-order valence-corrected chi connectivity index (χ0v) is 9.19. The fraction of sp³-hybridized carbons (Fsp3) is 0.571. The first kappa shape index (κ1) is 14.3.